The van der Waals surface area contributed by atoms with Gasteiger partial charge in [0, 0.05) is 25.4 Å². The van der Waals surface area contributed by atoms with E-state index in [9.17, 15) is 4.79 Å². The van der Waals surface area contributed by atoms with Crippen molar-refractivity contribution in [1.29, 1.82) is 5.26 Å². The first-order chi connectivity index (χ1) is 8.69. The first-order valence-corrected chi connectivity index (χ1v) is 6.40. The average molecular weight is 242 g/mol. The minimum Gasteiger partial charge on any atom is -0.300 e. The Kier molecular flexibility index (Phi) is 4.11. The van der Waals surface area contributed by atoms with Crippen LogP contribution in [0.4, 0.5) is 0 Å². The summed E-state index contributed by atoms with van der Waals surface area (Å²) in [6.07, 6.45) is 3.36. The molecule has 0 heterocycles. The minimum atomic E-state index is 0.395. The van der Waals surface area contributed by atoms with Gasteiger partial charge < -0.3 is 0 Å². The van der Waals surface area contributed by atoms with Gasteiger partial charge in [-0.2, -0.15) is 5.26 Å². The van der Waals surface area contributed by atoms with E-state index in [1.807, 2.05) is 24.3 Å². The number of ketones is 1. The van der Waals surface area contributed by atoms with Gasteiger partial charge >= 0.3 is 0 Å². The van der Waals surface area contributed by atoms with E-state index in [1.54, 1.807) is 0 Å². The Balaban J connectivity index is 1.96. The van der Waals surface area contributed by atoms with E-state index in [2.05, 4.69) is 18.0 Å². The Bertz CT molecular complexity index is 466. The molecule has 0 saturated heterocycles. The number of benzene rings is 1. The van der Waals surface area contributed by atoms with Gasteiger partial charge in [-0.15, -0.1) is 0 Å². The number of Topliss-reactive ketones (excluding diaryl/α,β-unsaturated/α-hetero) is 1. The molecular formula is C15H18N2O. The van der Waals surface area contributed by atoms with Crippen molar-refractivity contribution in [2.75, 3.05) is 7.05 Å². The monoisotopic (exact) mass is 242 g/mol. The Labute approximate surface area is 108 Å². The normalized spacial score (nSPS) is 16.8. The lowest BCUT2D eigenvalue weighted by Gasteiger charge is -2.30. The predicted octanol–water partition coefficient (Wildman–Crippen LogP) is 2.50. The van der Waals surface area contributed by atoms with Gasteiger partial charge in [-0.3, -0.25) is 9.69 Å². The smallest absolute Gasteiger partial charge is 0.133 e. The van der Waals surface area contributed by atoms with E-state index >= 15 is 0 Å². The first-order valence-electron chi connectivity index (χ1n) is 6.40. The predicted molar refractivity (Wildman–Crippen MR) is 69.9 cm³/mol. The van der Waals surface area contributed by atoms with E-state index in [0.29, 0.717) is 30.2 Å². The fourth-order valence-corrected chi connectivity index (χ4v) is 2.52. The molecule has 1 fully saturated rings. The molecule has 94 valence electrons. The summed E-state index contributed by atoms with van der Waals surface area (Å²) in [5.74, 6) is 0.395. The van der Waals surface area contributed by atoms with Gasteiger partial charge in [-0.05, 0) is 37.6 Å². The summed E-state index contributed by atoms with van der Waals surface area (Å²) in [6, 6.07) is 10.4. The average Bonchev–Trinajstić information content (AvgIpc) is 2.39. The molecule has 1 saturated carbocycles. The van der Waals surface area contributed by atoms with Crippen LogP contribution in [0.2, 0.25) is 0 Å². The Morgan fingerprint density at radius 2 is 2.11 bits per heavy atom. The zero-order valence-corrected chi connectivity index (χ0v) is 10.7. The zero-order chi connectivity index (χ0) is 13.0. The lowest BCUT2D eigenvalue weighted by atomic mass is 9.93. The van der Waals surface area contributed by atoms with Crippen LogP contribution in [0.5, 0.6) is 0 Å². The number of hydrogen-bond donors (Lipinski definition) is 0. The molecular weight excluding hydrogens is 224 g/mol. The maximum Gasteiger partial charge on any atom is 0.133 e. The summed E-state index contributed by atoms with van der Waals surface area (Å²) in [5.41, 5.74) is 1.87. The third kappa shape index (κ3) is 3.18. The number of nitriles is 1. The van der Waals surface area contributed by atoms with Crippen molar-refractivity contribution in [3.63, 3.8) is 0 Å². The number of nitrogens with zero attached hydrogens (tertiary/aromatic N) is 2. The maximum atomic E-state index is 11.2. The molecule has 1 aromatic rings. The molecule has 1 aliphatic rings. The van der Waals surface area contributed by atoms with Crippen LogP contribution in [0.3, 0.4) is 0 Å². The van der Waals surface area contributed by atoms with Crippen molar-refractivity contribution < 1.29 is 4.79 Å². The summed E-state index contributed by atoms with van der Waals surface area (Å²) in [7, 11) is 2.10. The van der Waals surface area contributed by atoms with Crippen LogP contribution < -0.4 is 0 Å². The molecule has 0 bridgehead atoms. The highest BCUT2D eigenvalue weighted by molar-refractivity contribution is 5.79. The third-order valence-corrected chi connectivity index (χ3v) is 3.62. The summed E-state index contributed by atoms with van der Waals surface area (Å²) < 4.78 is 0. The fraction of sp³-hybridized carbons (Fsp3) is 0.467. The standard InChI is InChI=1S/C15H18N2O/c1-17(14-5-7-15(18)8-6-14)11-13-4-2-3-12(9-13)10-16/h2-4,9,14H,5-8,11H2,1H3. The third-order valence-electron chi connectivity index (χ3n) is 3.62. The van der Waals surface area contributed by atoms with E-state index in [0.717, 1.165) is 24.9 Å². The molecule has 1 aliphatic carbocycles. The van der Waals surface area contributed by atoms with Crippen molar-refractivity contribution >= 4 is 5.78 Å². The highest BCUT2D eigenvalue weighted by Crippen LogP contribution is 2.21. The number of carbonyl (C=O) groups excluding carboxylic acids is 1. The second-order valence-corrected chi connectivity index (χ2v) is 5.00. The second kappa shape index (κ2) is 5.79. The summed E-state index contributed by atoms with van der Waals surface area (Å²) >= 11 is 0. The molecule has 3 heteroatoms. The topological polar surface area (TPSA) is 44.1 Å². The molecule has 18 heavy (non-hydrogen) atoms. The maximum absolute atomic E-state index is 11.2. The molecule has 0 unspecified atom stereocenters. The Hall–Kier alpha value is -1.66. The highest BCUT2D eigenvalue weighted by atomic mass is 16.1. The second-order valence-electron chi connectivity index (χ2n) is 5.00. The molecule has 0 amide bonds. The van der Waals surface area contributed by atoms with Crippen molar-refractivity contribution in [2.24, 2.45) is 0 Å². The lowest BCUT2D eigenvalue weighted by Crippen LogP contribution is -2.34. The van der Waals surface area contributed by atoms with Crippen molar-refractivity contribution in [2.45, 2.75) is 38.3 Å². The summed E-state index contributed by atoms with van der Waals surface area (Å²) in [4.78, 5) is 13.5. The number of rotatable bonds is 3. The van der Waals surface area contributed by atoms with Crippen molar-refractivity contribution in [3.05, 3.63) is 35.4 Å². The van der Waals surface area contributed by atoms with Gasteiger partial charge in [0.1, 0.15) is 5.78 Å². The molecule has 0 N–H and O–H groups in total. The van der Waals surface area contributed by atoms with Gasteiger partial charge in [0.2, 0.25) is 0 Å². The van der Waals surface area contributed by atoms with Crippen LogP contribution in [0.1, 0.15) is 36.8 Å². The lowest BCUT2D eigenvalue weighted by molar-refractivity contribution is -0.121. The van der Waals surface area contributed by atoms with E-state index in [1.165, 1.54) is 0 Å². The largest absolute Gasteiger partial charge is 0.300 e. The Morgan fingerprint density at radius 3 is 2.78 bits per heavy atom. The summed E-state index contributed by atoms with van der Waals surface area (Å²) in [6.45, 7) is 0.842. The quantitative estimate of drug-likeness (QED) is 0.818. The van der Waals surface area contributed by atoms with Gasteiger partial charge in [-0.1, -0.05) is 12.1 Å². The molecule has 2 rings (SSSR count). The summed E-state index contributed by atoms with van der Waals surface area (Å²) in [5, 5.41) is 8.87. The molecule has 0 aliphatic heterocycles. The molecule has 0 radical (unpaired) electrons. The van der Waals surface area contributed by atoms with Crippen LogP contribution in [0.15, 0.2) is 24.3 Å². The molecule has 0 aromatic heterocycles. The first kappa shape index (κ1) is 12.8. The zero-order valence-electron chi connectivity index (χ0n) is 10.7. The van der Waals surface area contributed by atoms with Gasteiger partial charge in [0.25, 0.3) is 0 Å². The van der Waals surface area contributed by atoms with Crippen molar-refractivity contribution in [1.82, 2.24) is 4.90 Å². The van der Waals surface area contributed by atoms with Crippen LogP contribution in [-0.4, -0.2) is 23.8 Å². The highest BCUT2D eigenvalue weighted by Gasteiger charge is 2.21. The molecule has 0 atom stereocenters. The molecule has 1 aromatic carbocycles. The Morgan fingerprint density at radius 1 is 1.39 bits per heavy atom. The van der Waals surface area contributed by atoms with Crippen LogP contribution in [-0.2, 0) is 11.3 Å². The molecule has 3 nitrogen and oxygen atoms in total. The SMILES string of the molecule is CN(Cc1cccc(C#N)c1)C1CCC(=O)CC1. The van der Waals surface area contributed by atoms with E-state index in [-0.39, 0.29) is 0 Å². The van der Waals surface area contributed by atoms with E-state index in [4.69, 9.17) is 5.26 Å². The minimum absolute atomic E-state index is 0.395. The number of carbonyl (C=O) groups is 1. The van der Waals surface area contributed by atoms with Gasteiger partial charge in [0.15, 0.2) is 0 Å². The van der Waals surface area contributed by atoms with Crippen LogP contribution in [0.25, 0.3) is 0 Å². The van der Waals surface area contributed by atoms with Gasteiger partial charge in [0.05, 0.1) is 11.6 Å². The molecule has 0 spiro atoms. The fourth-order valence-electron chi connectivity index (χ4n) is 2.52. The number of hydrogen-bond acceptors (Lipinski definition) is 3. The van der Waals surface area contributed by atoms with Crippen LogP contribution >= 0.6 is 0 Å². The van der Waals surface area contributed by atoms with Gasteiger partial charge in [-0.25, -0.2) is 0 Å². The van der Waals surface area contributed by atoms with Crippen LogP contribution in [0, 0.1) is 11.3 Å². The van der Waals surface area contributed by atoms with E-state index < -0.39 is 0 Å². The van der Waals surface area contributed by atoms with Crippen molar-refractivity contribution in [3.8, 4) is 6.07 Å².